The van der Waals surface area contributed by atoms with E-state index in [4.69, 9.17) is 0 Å². The number of hydrogen-bond donors (Lipinski definition) is 0. The van der Waals surface area contributed by atoms with Gasteiger partial charge in [-0.2, -0.15) is 0 Å². The van der Waals surface area contributed by atoms with E-state index in [0.717, 1.165) is 51.5 Å². The summed E-state index contributed by atoms with van der Waals surface area (Å²) >= 11 is 0. The lowest BCUT2D eigenvalue weighted by Crippen LogP contribution is -2.45. The van der Waals surface area contributed by atoms with Crippen LogP contribution in [-0.2, 0) is 10.0 Å². The molecule has 0 aromatic heterocycles. The summed E-state index contributed by atoms with van der Waals surface area (Å²) in [7, 11) is -3.77. The maximum Gasteiger partial charge on any atom is 0.264 e. The van der Waals surface area contributed by atoms with Gasteiger partial charge in [0.05, 0.1) is 10.6 Å². The van der Waals surface area contributed by atoms with Crippen molar-refractivity contribution < 1.29 is 13.2 Å². The Morgan fingerprint density at radius 3 is 2.44 bits per heavy atom. The summed E-state index contributed by atoms with van der Waals surface area (Å²) in [6.45, 7) is 9.28. The first kappa shape index (κ1) is 24.7. The Morgan fingerprint density at radius 1 is 1.00 bits per heavy atom. The van der Waals surface area contributed by atoms with Crippen LogP contribution in [0.25, 0.3) is 0 Å². The zero-order valence-corrected chi connectivity index (χ0v) is 21.2. The molecule has 184 valence electrons. The van der Waals surface area contributed by atoms with Gasteiger partial charge in [-0.1, -0.05) is 31.2 Å². The minimum Gasteiger partial charge on any atom is -0.338 e. The van der Waals surface area contributed by atoms with Crippen molar-refractivity contribution in [1.29, 1.82) is 0 Å². The largest absolute Gasteiger partial charge is 0.338 e. The molecule has 2 aliphatic heterocycles. The summed E-state index contributed by atoms with van der Waals surface area (Å²) in [5, 5.41) is 0. The predicted molar refractivity (Wildman–Crippen MR) is 137 cm³/mol. The predicted octanol–water partition coefficient (Wildman–Crippen LogP) is 4.49. The highest BCUT2D eigenvalue weighted by molar-refractivity contribution is 7.92. The maximum atomic E-state index is 13.4. The summed E-state index contributed by atoms with van der Waals surface area (Å²) in [5.74, 6) is 1.22. The van der Waals surface area contributed by atoms with E-state index in [9.17, 15) is 13.2 Å². The summed E-state index contributed by atoms with van der Waals surface area (Å²) in [5.41, 5.74) is 1.06. The monoisotopic (exact) mass is 483 g/mol. The molecule has 2 heterocycles. The molecule has 2 aromatic carbocycles. The second kappa shape index (κ2) is 10.9. The molecule has 4 rings (SSSR count). The molecule has 0 aliphatic carbocycles. The zero-order valence-electron chi connectivity index (χ0n) is 20.4. The van der Waals surface area contributed by atoms with E-state index in [1.165, 1.54) is 17.1 Å². The van der Waals surface area contributed by atoms with Gasteiger partial charge >= 0.3 is 0 Å². The van der Waals surface area contributed by atoms with Gasteiger partial charge in [0.2, 0.25) is 0 Å². The topological polar surface area (TPSA) is 60.9 Å². The van der Waals surface area contributed by atoms with E-state index < -0.39 is 10.0 Å². The zero-order chi connectivity index (χ0) is 24.1. The van der Waals surface area contributed by atoms with Gasteiger partial charge < -0.3 is 9.80 Å². The number of benzene rings is 2. The molecule has 0 radical (unpaired) electrons. The molecule has 6 nitrogen and oxygen atoms in total. The molecule has 34 heavy (non-hydrogen) atoms. The lowest BCUT2D eigenvalue weighted by atomic mass is 9.94. The third-order valence-electron chi connectivity index (χ3n) is 7.20. The maximum absolute atomic E-state index is 13.4. The molecule has 2 saturated heterocycles. The second-order valence-electron chi connectivity index (χ2n) is 9.78. The van der Waals surface area contributed by atoms with Crippen LogP contribution in [0, 0.1) is 11.8 Å². The fourth-order valence-corrected chi connectivity index (χ4v) is 6.71. The van der Waals surface area contributed by atoms with Crippen LogP contribution < -0.4 is 4.31 Å². The Balaban J connectivity index is 1.47. The van der Waals surface area contributed by atoms with Crippen molar-refractivity contribution in [2.45, 2.75) is 44.4 Å². The van der Waals surface area contributed by atoms with Crippen molar-refractivity contribution in [2.24, 2.45) is 11.8 Å². The molecule has 0 spiro atoms. The van der Waals surface area contributed by atoms with Crippen LogP contribution in [0.3, 0.4) is 0 Å². The van der Waals surface area contributed by atoms with Crippen LogP contribution in [0.5, 0.6) is 0 Å². The summed E-state index contributed by atoms with van der Waals surface area (Å²) < 4.78 is 28.2. The van der Waals surface area contributed by atoms with Crippen LogP contribution >= 0.6 is 0 Å². The van der Waals surface area contributed by atoms with Gasteiger partial charge in [-0.15, -0.1) is 0 Å². The fourth-order valence-electron chi connectivity index (χ4n) is 5.19. The SMILES string of the molecule is CCN(c1ccccc1)S(=O)(=O)c1cccc(C(=O)N2CCCC(CN3CCC(C)CC3)C2)c1. The molecule has 1 unspecified atom stereocenters. The Hall–Kier alpha value is -2.38. The number of sulfonamides is 1. The number of likely N-dealkylation sites (tertiary alicyclic amines) is 2. The highest BCUT2D eigenvalue weighted by Crippen LogP contribution is 2.26. The number of para-hydroxylation sites is 1. The van der Waals surface area contributed by atoms with Gasteiger partial charge in [0, 0.05) is 31.7 Å². The van der Waals surface area contributed by atoms with Crippen molar-refractivity contribution in [3.63, 3.8) is 0 Å². The number of carbonyl (C=O) groups is 1. The smallest absolute Gasteiger partial charge is 0.264 e. The highest BCUT2D eigenvalue weighted by atomic mass is 32.2. The van der Waals surface area contributed by atoms with Gasteiger partial charge in [-0.3, -0.25) is 9.10 Å². The third kappa shape index (κ3) is 5.63. The van der Waals surface area contributed by atoms with Crippen LogP contribution in [0.2, 0.25) is 0 Å². The van der Waals surface area contributed by atoms with Crippen LogP contribution in [0.4, 0.5) is 5.69 Å². The van der Waals surface area contributed by atoms with Crippen molar-refractivity contribution in [1.82, 2.24) is 9.80 Å². The van der Waals surface area contributed by atoms with E-state index in [-0.39, 0.29) is 10.8 Å². The Morgan fingerprint density at radius 2 is 1.74 bits per heavy atom. The fraction of sp³-hybridized carbons (Fsp3) is 0.519. The first-order valence-electron chi connectivity index (χ1n) is 12.6. The molecule has 1 amide bonds. The Labute approximate surface area is 204 Å². The van der Waals surface area contributed by atoms with Crippen molar-refractivity contribution in [3.8, 4) is 0 Å². The number of hydrogen-bond acceptors (Lipinski definition) is 4. The van der Waals surface area contributed by atoms with Gasteiger partial charge in [0.1, 0.15) is 0 Å². The van der Waals surface area contributed by atoms with Gasteiger partial charge in [0.25, 0.3) is 15.9 Å². The van der Waals surface area contributed by atoms with E-state index in [0.29, 0.717) is 23.7 Å². The minimum atomic E-state index is -3.77. The molecule has 7 heteroatoms. The van der Waals surface area contributed by atoms with Crippen LogP contribution in [-0.4, -0.2) is 63.4 Å². The highest BCUT2D eigenvalue weighted by Gasteiger charge is 2.29. The van der Waals surface area contributed by atoms with E-state index in [1.54, 1.807) is 36.4 Å². The standard InChI is InChI=1S/C27H37N3O3S/c1-3-30(25-11-5-4-6-12-25)34(32,33)26-13-7-10-24(19-26)27(31)29-16-8-9-23(21-29)20-28-17-14-22(2)15-18-28/h4-7,10-13,19,22-23H,3,8-9,14-18,20-21H2,1-2H3. The third-order valence-corrected chi connectivity index (χ3v) is 9.10. The van der Waals surface area contributed by atoms with Crippen molar-refractivity contribution in [2.75, 3.05) is 43.6 Å². The average Bonchev–Trinajstić information content (AvgIpc) is 2.86. The number of nitrogens with zero attached hydrogens (tertiary/aromatic N) is 3. The molecule has 2 aromatic rings. The molecule has 1 atom stereocenters. The number of anilines is 1. The van der Waals surface area contributed by atoms with Crippen LogP contribution in [0.15, 0.2) is 59.5 Å². The molecule has 2 aliphatic rings. The quantitative estimate of drug-likeness (QED) is 0.582. The summed E-state index contributed by atoms with van der Waals surface area (Å²) in [6, 6.07) is 15.6. The van der Waals surface area contributed by atoms with Crippen LogP contribution in [0.1, 0.15) is 49.9 Å². The van der Waals surface area contributed by atoms with Gasteiger partial charge in [0.15, 0.2) is 0 Å². The molecule has 2 fully saturated rings. The molecular weight excluding hydrogens is 446 g/mol. The van der Waals surface area contributed by atoms with Crippen molar-refractivity contribution in [3.05, 3.63) is 60.2 Å². The number of piperidine rings is 2. The normalized spacial score (nSPS) is 20.3. The molecule has 0 bridgehead atoms. The summed E-state index contributed by atoms with van der Waals surface area (Å²) in [4.78, 5) is 18.0. The molecule has 0 N–H and O–H groups in total. The first-order valence-corrected chi connectivity index (χ1v) is 14.0. The second-order valence-corrected chi connectivity index (χ2v) is 11.6. The summed E-state index contributed by atoms with van der Waals surface area (Å²) in [6.07, 6.45) is 4.66. The number of rotatable bonds is 7. The number of carbonyl (C=O) groups excluding carboxylic acids is 1. The molecule has 0 saturated carbocycles. The van der Waals surface area contributed by atoms with E-state index >= 15 is 0 Å². The van der Waals surface area contributed by atoms with Gasteiger partial charge in [-0.25, -0.2) is 8.42 Å². The Bertz CT molecular complexity index is 1070. The first-order chi connectivity index (χ1) is 16.4. The molecular formula is C27H37N3O3S. The minimum absolute atomic E-state index is 0.0724. The lowest BCUT2D eigenvalue weighted by molar-refractivity contribution is 0.0622. The lowest BCUT2D eigenvalue weighted by Gasteiger charge is -2.38. The Kier molecular flexibility index (Phi) is 7.94. The average molecular weight is 484 g/mol. The van der Waals surface area contributed by atoms with E-state index in [2.05, 4.69) is 11.8 Å². The van der Waals surface area contributed by atoms with Crippen molar-refractivity contribution >= 4 is 21.6 Å². The number of amides is 1. The van der Waals surface area contributed by atoms with E-state index in [1.807, 2.05) is 30.0 Å². The van der Waals surface area contributed by atoms with Gasteiger partial charge in [-0.05, 0) is 87.9 Å².